The molecule has 2 rings (SSSR count). The average molecular weight is 346 g/mol. The molecule has 0 bridgehead atoms. The van der Waals surface area contributed by atoms with Crippen LogP contribution in [0.25, 0.3) is 0 Å². The highest BCUT2D eigenvalue weighted by Crippen LogP contribution is 2.28. The second-order valence-electron chi connectivity index (χ2n) is 7.09. The van der Waals surface area contributed by atoms with E-state index >= 15 is 0 Å². The van der Waals surface area contributed by atoms with Gasteiger partial charge in [0.1, 0.15) is 11.3 Å². The molecule has 138 valence electrons. The van der Waals surface area contributed by atoms with E-state index in [1.807, 2.05) is 31.2 Å². The number of nitrogens with one attached hydrogen (secondary N) is 2. The van der Waals surface area contributed by atoms with Gasteiger partial charge in [0.15, 0.2) is 0 Å². The highest BCUT2D eigenvalue weighted by Gasteiger charge is 2.40. The van der Waals surface area contributed by atoms with Gasteiger partial charge < -0.3 is 15.4 Å². The number of ether oxygens (including phenoxy) is 1. The van der Waals surface area contributed by atoms with Crippen LogP contribution in [-0.4, -0.2) is 30.5 Å². The van der Waals surface area contributed by atoms with Gasteiger partial charge in [-0.1, -0.05) is 31.4 Å². The van der Waals surface area contributed by atoms with E-state index in [4.69, 9.17) is 4.74 Å². The molecule has 1 atom stereocenters. The van der Waals surface area contributed by atoms with Crippen LogP contribution in [0.1, 0.15) is 57.9 Å². The zero-order valence-electron chi connectivity index (χ0n) is 15.6. The lowest BCUT2D eigenvalue weighted by Gasteiger charge is -2.37. The predicted molar refractivity (Wildman–Crippen MR) is 98.6 cm³/mol. The number of amides is 2. The van der Waals surface area contributed by atoms with Crippen molar-refractivity contribution in [1.82, 2.24) is 10.6 Å². The van der Waals surface area contributed by atoms with Crippen molar-refractivity contribution >= 4 is 11.8 Å². The molecule has 2 amide bonds. The summed E-state index contributed by atoms with van der Waals surface area (Å²) in [5.41, 5.74) is 0.495. The van der Waals surface area contributed by atoms with Crippen LogP contribution in [0.4, 0.5) is 0 Å². The predicted octanol–water partition coefficient (Wildman–Crippen LogP) is 2.97. The van der Waals surface area contributed by atoms with Gasteiger partial charge in [-0.3, -0.25) is 9.59 Å². The average Bonchev–Trinajstić information content (AvgIpc) is 2.60. The molecule has 1 fully saturated rings. The highest BCUT2D eigenvalue weighted by molar-refractivity contribution is 5.91. The SMILES string of the molecule is COc1ccc(CCC(C)NC(=O)C2(NC(C)=O)CCCCC2)cc1. The minimum Gasteiger partial charge on any atom is -0.497 e. The first-order valence-electron chi connectivity index (χ1n) is 9.18. The maximum Gasteiger partial charge on any atom is 0.245 e. The molecule has 1 aliphatic carbocycles. The molecule has 0 heterocycles. The third kappa shape index (κ3) is 5.48. The van der Waals surface area contributed by atoms with E-state index in [9.17, 15) is 9.59 Å². The topological polar surface area (TPSA) is 67.4 Å². The summed E-state index contributed by atoms with van der Waals surface area (Å²) in [6, 6.07) is 8.06. The number of aryl methyl sites for hydroxylation is 1. The zero-order valence-corrected chi connectivity index (χ0v) is 15.6. The second kappa shape index (κ2) is 8.88. The van der Waals surface area contributed by atoms with Crippen LogP contribution in [0.3, 0.4) is 0 Å². The monoisotopic (exact) mass is 346 g/mol. The minimum absolute atomic E-state index is 0.0374. The number of carbonyl (C=O) groups excluding carboxylic acids is 2. The van der Waals surface area contributed by atoms with E-state index < -0.39 is 5.54 Å². The Balaban J connectivity index is 1.89. The van der Waals surface area contributed by atoms with Gasteiger partial charge in [0.25, 0.3) is 0 Å². The lowest BCUT2D eigenvalue weighted by Crippen LogP contribution is -2.60. The molecular formula is C20H30N2O3. The summed E-state index contributed by atoms with van der Waals surface area (Å²) in [6.45, 7) is 3.50. The fourth-order valence-corrected chi connectivity index (χ4v) is 3.51. The van der Waals surface area contributed by atoms with Crippen molar-refractivity contribution in [2.24, 2.45) is 0 Å². The molecular weight excluding hydrogens is 316 g/mol. The Morgan fingerprint density at radius 2 is 1.80 bits per heavy atom. The standard InChI is InChI=1S/C20H30N2O3/c1-15(7-8-17-9-11-18(25-3)12-10-17)21-19(24)20(22-16(2)23)13-5-4-6-14-20/h9-12,15H,4-8,13-14H2,1-3H3,(H,21,24)(H,22,23). The third-order valence-corrected chi connectivity index (χ3v) is 4.96. The van der Waals surface area contributed by atoms with Crippen molar-refractivity contribution in [3.05, 3.63) is 29.8 Å². The smallest absolute Gasteiger partial charge is 0.245 e. The quantitative estimate of drug-likeness (QED) is 0.797. The molecule has 1 aliphatic rings. The number of hydrogen-bond donors (Lipinski definition) is 2. The van der Waals surface area contributed by atoms with Crippen molar-refractivity contribution in [3.63, 3.8) is 0 Å². The molecule has 25 heavy (non-hydrogen) atoms. The van der Waals surface area contributed by atoms with Gasteiger partial charge in [-0.15, -0.1) is 0 Å². The fraction of sp³-hybridized carbons (Fsp3) is 0.600. The van der Waals surface area contributed by atoms with E-state index in [0.717, 1.165) is 50.7 Å². The van der Waals surface area contributed by atoms with Crippen molar-refractivity contribution in [3.8, 4) is 5.75 Å². The fourth-order valence-electron chi connectivity index (χ4n) is 3.51. The van der Waals surface area contributed by atoms with Crippen LogP contribution in [0.2, 0.25) is 0 Å². The number of rotatable bonds is 7. The Kier molecular flexibility index (Phi) is 6.85. The number of hydrogen-bond acceptors (Lipinski definition) is 3. The molecule has 0 aliphatic heterocycles. The molecule has 5 nitrogen and oxygen atoms in total. The van der Waals surface area contributed by atoms with Gasteiger partial charge in [-0.05, 0) is 50.3 Å². The van der Waals surface area contributed by atoms with E-state index in [2.05, 4.69) is 10.6 Å². The Morgan fingerprint density at radius 3 is 2.36 bits per heavy atom. The minimum atomic E-state index is -0.724. The van der Waals surface area contributed by atoms with Crippen molar-refractivity contribution < 1.29 is 14.3 Å². The molecule has 1 saturated carbocycles. The van der Waals surface area contributed by atoms with Crippen LogP contribution >= 0.6 is 0 Å². The van der Waals surface area contributed by atoms with Crippen molar-refractivity contribution in [2.75, 3.05) is 7.11 Å². The summed E-state index contributed by atoms with van der Waals surface area (Å²) < 4.78 is 5.17. The Bertz CT molecular complexity index is 577. The van der Waals surface area contributed by atoms with Gasteiger partial charge in [0, 0.05) is 13.0 Å². The summed E-state index contributed by atoms with van der Waals surface area (Å²) in [5.74, 6) is 0.673. The summed E-state index contributed by atoms with van der Waals surface area (Å²) in [6.07, 6.45) is 6.28. The molecule has 0 aromatic heterocycles. The molecule has 1 unspecified atom stereocenters. The summed E-state index contributed by atoms with van der Waals surface area (Å²) in [4.78, 5) is 24.4. The van der Waals surface area contributed by atoms with Gasteiger partial charge in [0.05, 0.1) is 7.11 Å². The lowest BCUT2D eigenvalue weighted by atomic mass is 9.80. The van der Waals surface area contributed by atoms with Crippen LogP contribution in [0.15, 0.2) is 24.3 Å². The van der Waals surface area contributed by atoms with Crippen LogP contribution in [-0.2, 0) is 16.0 Å². The van der Waals surface area contributed by atoms with Crippen molar-refractivity contribution in [1.29, 1.82) is 0 Å². The zero-order chi connectivity index (χ0) is 18.3. The maximum absolute atomic E-state index is 12.8. The van der Waals surface area contributed by atoms with Gasteiger partial charge in [-0.2, -0.15) is 0 Å². The largest absolute Gasteiger partial charge is 0.497 e. The maximum atomic E-state index is 12.8. The van der Waals surface area contributed by atoms with E-state index in [-0.39, 0.29) is 17.9 Å². The molecule has 0 saturated heterocycles. The van der Waals surface area contributed by atoms with Crippen molar-refractivity contribution in [2.45, 2.75) is 70.4 Å². The molecule has 0 spiro atoms. The third-order valence-electron chi connectivity index (χ3n) is 4.96. The summed E-state index contributed by atoms with van der Waals surface area (Å²) in [5, 5.41) is 6.03. The molecule has 1 aromatic rings. The molecule has 0 radical (unpaired) electrons. The number of carbonyl (C=O) groups is 2. The molecule has 1 aromatic carbocycles. The van der Waals surface area contributed by atoms with Gasteiger partial charge in [-0.25, -0.2) is 0 Å². The number of benzene rings is 1. The Labute approximate surface area is 150 Å². The van der Waals surface area contributed by atoms with E-state index in [1.165, 1.54) is 12.5 Å². The van der Waals surface area contributed by atoms with Gasteiger partial charge in [0.2, 0.25) is 11.8 Å². The Hall–Kier alpha value is -2.04. The molecule has 5 heteroatoms. The van der Waals surface area contributed by atoms with Crippen LogP contribution in [0.5, 0.6) is 5.75 Å². The highest BCUT2D eigenvalue weighted by atomic mass is 16.5. The second-order valence-corrected chi connectivity index (χ2v) is 7.09. The summed E-state index contributed by atoms with van der Waals surface area (Å²) in [7, 11) is 1.66. The number of methoxy groups -OCH3 is 1. The first kappa shape index (κ1) is 19.3. The normalized spacial score (nSPS) is 17.4. The van der Waals surface area contributed by atoms with Gasteiger partial charge >= 0.3 is 0 Å². The van der Waals surface area contributed by atoms with Crippen LogP contribution < -0.4 is 15.4 Å². The van der Waals surface area contributed by atoms with Crippen LogP contribution in [0, 0.1) is 0 Å². The van der Waals surface area contributed by atoms with E-state index in [0.29, 0.717) is 0 Å². The lowest BCUT2D eigenvalue weighted by molar-refractivity contribution is -0.134. The van der Waals surface area contributed by atoms with E-state index in [1.54, 1.807) is 7.11 Å². The first-order chi connectivity index (χ1) is 11.9. The summed E-state index contributed by atoms with van der Waals surface area (Å²) >= 11 is 0. The Morgan fingerprint density at radius 1 is 1.16 bits per heavy atom. The molecule has 2 N–H and O–H groups in total. The first-order valence-corrected chi connectivity index (χ1v) is 9.18.